The molecule has 6 heteroatoms. The Hall–Kier alpha value is -2.69. The van der Waals surface area contributed by atoms with E-state index in [1.807, 2.05) is 12.1 Å². The molecular formula is C21H17Cl2NO3. The molecule has 0 bridgehead atoms. The van der Waals surface area contributed by atoms with E-state index in [2.05, 4.69) is 5.32 Å². The van der Waals surface area contributed by atoms with E-state index in [0.29, 0.717) is 39.4 Å². The SMILES string of the molecule is COc1cc(C(=O)Nc2cccc(Cl)c2)ccc1OCc1ccc(Cl)cc1. The molecule has 3 rings (SSSR count). The molecule has 4 nitrogen and oxygen atoms in total. The Labute approximate surface area is 167 Å². The maximum atomic E-state index is 12.5. The molecule has 0 saturated heterocycles. The van der Waals surface area contributed by atoms with Crippen LogP contribution in [0.15, 0.2) is 66.7 Å². The summed E-state index contributed by atoms with van der Waals surface area (Å²) < 4.78 is 11.2. The monoisotopic (exact) mass is 401 g/mol. The Balaban J connectivity index is 1.71. The van der Waals surface area contributed by atoms with E-state index in [1.165, 1.54) is 7.11 Å². The molecule has 3 aromatic carbocycles. The van der Waals surface area contributed by atoms with Gasteiger partial charge in [-0.1, -0.05) is 41.4 Å². The number of rotatable bonds is 6. The van der Waals surface area contributed by atoms with Gasteiger partial charge in [0.15, 0.2) is 11.5 Å². The number of halogens is 2. The Morgan fingerprint density at radius 1 is 0.926 bits per heavy atom. The highest BCUT2D eigenvalue weighted by Crippen LogP contribution is 2.29. The predicted molar refractivity (Wildman–Crippen MR) is 108 cm³/mol. The van der Waals surface area contributed by atoms with Crippen LogP contribution in [0.2, 0.25) is 10.0 Å². The molecule has 138 valence electrons. The molecule has 0 saturated carbocycles. The standard InChI is InChI=1S/C21H17Cl2NO3/c1-26-20-11-15(21(25)24-18-4-2-3-17(23)12-18)7-10-19(20)27-13-14-5-8-16(22)9-6-14/h2-12H,13H2,1H3,(H,24,25). The maximum absolute atomic E-state index is 12.5. The van der Waals surface area contributed by atoms with Crippen LogP contribution >= 0.6 is 23.2 Å². The molecule has 0 aliphatic carbocycles. The maximum Gasteiger partial charge on any atom is 0.255 e. The van der Waals surface area contributed by atoms with Gasteiger partial charge in [0.2, 0.25) is 0 Å². The zero-order chi connectivity index (χ0) is 19.2. The van der Waals surface area contributed by atoms with Gasteiger partial charge in [-0.3, -0.25) is 4.79 Å². The number of hydrogen-bond donors (Lipinski definition) is 1. The Morgan fingerprint density at radius 3 is 2.41 bits per heavy atom. The third kappa shape index (κ3) is 5.16. The van der Waals surface area contributed by atoms with Gasteiger partial charge in [-0.25, -0.2) is 0 Å². The lowest BCUT2D eigenvalue weighted by atomic mass is 10.1. The summed E-state index contributed by atoms with van der Waals surface area (Å²) in [5, 5.41) is 4.03. The normalized spacial score (nSPS) is 10.3. The van der Waals surface area contributed by atoms with Gasteiger partial charge >= 0.3 is 0 Å². The number of carbonyl (C=O) groups is 1. The average molecular weight is 402 g/mol. The van der Waals surface area contributed by atoms with Crippen LogP contribution < -0.4 is 14.8 Å². The lowest BCUT2D eigenvalue weighted by Crippen LogP contribution is -2.12. The molecule has 0 heterocycles. The molecule has 0 aromatic heterocycles. The summed E-state index contributed by atoms with van der Waals surface area (Å²) >= 11 is 11.8. The number of amides is 1. The van der Waals surface area contributed by atoms with E-state index >= 15 is 0 Å². The summed E-state index contributed by atoms with van der Waals surface area (Å²) in [6, 6.07) is 19.4. The lowest BCUT2D eigenvalue weighted by molar-refractivity contribution is 0.102. The smallest absolute Gasteiger partial charge is 0.255 e. The summed E-state index contributed by atoms with van der Waals surface area (Å²) in [5.41, 5.74) is 2.05. The number of ether oxygens (including phenoxy) is 2. The topological polar surface area (TPSA) is 47.6 Å². The number of nitrogens with one attached hydrogen (secondary N) is 1. The van der Waals surface area contributed by atoms with E-state index in [1.54, 1.807) is 54.6 Å². The quantitative estimate of drug-likeness (QED) is 0.564. The van der Waals surface area contributed by atoms with Crippen molar-refractivity contribution in [2.45, 2.75) is 6.61 Å². The summed E-state index contributed by atoms with van der Waals surface area (Å²) in [6.07, 6.45) is 0. The molecule has 27 heavy (non-hydrogen) atoms. The molecule has 0 spiro atoms. The largest absolute Gasteiger partial charge is 0.493 e. The Morgan fingerprint density at radius 2 is 1.70 bits per heavy atom. The van der Waals surface area contributed by atoms with Crippen LogP contribution in [0.5, 0.6) is 11.5 Å². The molecule has 0 aliphatic rings. The molecular weight excluding hydrogens is 385 g/mol. The summed E-state index contributed by atoms with van der Waals surface area (Å²) in [7, 11) is 1.53. The van der Waals surface area contributed by atoms with Crippen LogP contribution in [0.25, 0.3) is 0 Å². The van der Waals surface area contributed by atoms with Gasteiger partial charge in [-0.05, 0) is 54.1 Å². The van der Waals surface area contributed by atoms with Gasteiger partial charge in [0, 0.05) is 21.3 Å². The molecule has 0 aliphatic heterocycles. The third-order valence-electron chi connectivity index (χ3n) is 3.82. The molecule has 0 unspecified atom stereocenters. The summed E-state index contributed by atoms with van der Waals surface area (Å²) in [4.78, 5) is 12.5. The molecule has 1 amide bonds. The van der Waals surface area contributed by atoms with Gasteiger partial charge in [0.25, 0.3) is 5.91 Å². The number of anilines is 1. The zero-order valence-electron chi connectivity index (χ0n) is 14.5. The first kappa shape index (κ1) is 19.1. The van der Waals surface area contributed by atoms with E-state index in [0.717, 1.165) is 5.56 Å². The predicted octanol–water partition coefficient (Wildman–Crippen LogP) is 5.83. The minimum Gasteiger partial charge on any atom is -0.493 e. The molecule has 0 fully saturated rings. The van der Waals surface area contributed by atoms with Gasteiger partial charge in [0.1, 0.15) is 6.61 Å². The van der Waals surface area contributed by atoms with Crippen molar-refractivity contribution in [2.24, 2.45) is 0 Å². The number of methoxy groups -OCH3 is 1. The highest BCUT2D eigenvalue weighted by atomic mass is 35.5. The van der Waals surface area contributed by atoms with Crippen LogP contribution in [0, 0.1) is 0 Å². The van der Waals surface area contributed by atoms with Crippen LogP contribution in [-0.4, -0.2) is 13.0 Å². The third-order valence-corrected chi connectivity index (χ3v) is 4.30. The van der Waals surface area contributed by atoms with Crippen LogP contribution in [0.4, 0.5) is 5.69 Å². The summed E-state index contributed by atoms with van der Waals surface area (Å²) in [6.45, 7) is 0.363. The number of benzene rings is 3. The Kier molecular flexibility index (Phi) is 6.22. The molecule has 0 atom stereocenters. The minimum atomic E-state index is -0.264. The van der Waals surface area contributed by atoms with Crippen molar-refractivity contribution in [1.82, 2.24) is 0 Å². The van der Waals surface area contributed by atoms with Crippen molar-refractivity contribution in [3.63, 3.8) is 0 Å². The van der Waals surface area contributed by atoms with Crippen molar-refractivity contribution >= 4 is 34.8 Å². The highest BCUT2D eigenvalue weighted by molar-refractivity contribution is 6.31. The molecule has 0 radical (unpaired) electrons. The molecule has 3 aromatic rings. The van der Waals surface area contributed by atoms with Crippen molar-refractivity contribution < 1.29 is 14.3 Å². The van der Waals surface area contributed by atoms with E-state index in [4.69, 9.17) is 32.7 Å². The fourth-order valence-corrected chi connectivity index (χ4v) is 2.76. The highest BCUT2D eigenvalue weighted by Gasteiger charge is 2.12. The second-order valence-electron chi connectivity index (χ2n) is 5.75. The fourth-order valence-electron chi connectivity index (χ4n) is 2.44. The van der Waals surface area contributed by atoms with Gasteiger partial charge in [0.05, 0.1) is 7.11 Å². The van der Waals surface area contributed by atoms with Gasteiger partial charge < -0.3 is 14.8 Å². The van der Waals surface area contributed by atoms with Crippen LogP contribution in [0.3, 0.4) is 0 Å². The van der Waals surface area contributed by atoms with Crippen molar-refractivity contribution in [3.05, 3.63) is 87.9 Å². The summed E-state index contributed by atoms with van der Waals surface area (Å²) in [5.74, 6) is 0.759. The van der Waals surface area contributed by atoms with E-state index < -0.39 is 0 Å². The first-order valence-corrected chi connectivity index (χ1v) is 8.93. The Bertz CT molecular complexity index is 942. The van der Waals surface area contributed by atoms with E-state index in [-0.39, 0.29) is 5.91 Å². The van der Waals surface area contributed by atoms with Crippen molar-refractivity contribution in [3.8, 4) is 11.5 Å². The first-order valence-electron chi connectivity index (χ1n) is 8.17. The van der Waals surface area contributed by atoms with Gasteiger partial charge in [-0.15, -0.1) is 0 Å². The van der Waals surface area contributed by atoms with Gasteiger partial charge in [-0.2, -0.15) is 0 Å². The second-order valence-corrected chi connectivity index (χ2v) is 6.62. The number of hydrogen-bond acceptors (Lipinski definition) is 3. The molecule has 1 N–H and O–H groups in total. The minimum absolute atomic E-state index is 0.264. The van der Waals surface area contributed by atoms with Crippen LogP contribution in [-0.2, 0) is 6.61 Å². The van der Waals surface area contributed by atoms with Crippen molar-refractivity contribution in [1.29, 1.82) is 0 Å². The van der Waals surface area contributed by atoms with Crippen LogP contribution in [0.1, 0.15) is 15.9 Å². The second kappa shape index (κ2) is 8.80. The van der Waals surface area contributed by atoms with Crippen molar-refractivity contribution in [2.75, 3.05) is 12.4 Å². The first-order chi connectivity index (χ1) is 13.0. The van der Waals surface area contributed by atoms with E-state index in [9.17, 15) is 4.79 Å². The number of carbonyl (C=O) groups excluding carboxylic acids is 1. The lowest BCUT2D eigenvalue weighted by Gasteiger charge is -2.12. The zero-order valence-corrected chi connectivity index (χ0v) is 16.1. The fraction of sp³-hybridized carbons (Fsp3) is 0.0952. The average Bonchev–Trinajstić information content (AvgIpc) is 2.67.